The Morgan fingerprint density at radius 2 is 1.90 bits per heavy atom. The Morgan fingerprint density at radius 1 is 1.17 bits per heavy atom. The maximum Gasteiger partial charge on any atom is 0.269 e. The normalized spacial score (nSPS) is 12.4. The molecule has 1 aromatic carbocycles. The van der Waals surface area contributed by atoms with Crippen LogP contribution in [-0.4, -0.2) is 27.3 Å². The van der Waals surface area contributed by atoms with Crippen LogP contribution in [-0.2, 0) is 11.3 Å². The molecule has 30 heavy (non-hydrogen) atoms. The largest absolute Gasteiger partial charge is 0.352 e. The Morgan fingerprint density at radius 3 is 2.57 bits per heavy atom. The lowest BCUT2D eigenvalue weighted by atomic mass is 10.1. The Hall–Kier alpha value is -3.32. The SMILES string of the molecule is Cc1ccccc1C(=O)/C=c1\sc(=Cc2ccccn2)c(=O)n1CC(=O)NC(C)C. The third-order valence-corrected chi connectivity index (χ3v) is 5.38. The third kappa shape index (κ3) is 5.18. The van der Waals surface area contributed by atoms with Crippen LogP contribution < -0.4 is 20.1 Å². The second kappa shape index (κ2) is 9.45. The van der Waals surface area contributed by atoms with Crippen molar-refractivity contribution >= 4 is 35.2 Å². The zero-order chi connectivity index (χ0) is 21.7. The second-order valence-corrected chi connectivity index (χ2v) is 8.20. The molecule has 6 nitrogen and oxygen atoms in total. The van der Waals surface area contributed by atoms with Gasteiger partial charge in [-0.1, -0.05) is 30.3 Å². The molecule has 3 aromatic rings. The molecule has 2 heterocycles. The Balaban J connectivity index is 2.13. The molecular weight excluding hydrogens is 398 g/mol. The third-order valence-electron chi connectivity index (χ3n) is 4.32. The van der Waals surface area contributed by atoms with Crippen LogP contribution in [0.15, 0.2) is 53.5 Å². The van der Waals surface area contributed by atoms with Gasteiger partial charge in [-0.15, -0.1) is 11.3 Å². The zero-order valence-electron chi connectivity index (χ0n) is 17.1. The Kier molecular flexibility index (Phi) is 6.74. The fourth-order valence-corrected chi connectivity index (χ4v) is 3.97. The molecule has 0 atom stereocenters. The van der Waals surface area contributed by atoms with E-state index in [2.05, 4.69) is 10.3 Å². The number of pyridine rings is 1. The summed E-state index contributed by atoms with van der Waals surface area (Å²) in [5.74, 6) is -0.496. The number of carbonyl (C=O) groups is 2. The molecule has 1 N–H and O–H groups in total. The van der Waals surface area contributed by atoms with Crippen molar-refractivity contribution in [1.82, 2.24) is 14.9 Å². The van der Waals surface area contributed by atoms with Gasteiger partial charge < -0.3 is 5.32 Å². The number of nitrogens with one attached hydrogen (secondary N) is 1. The average Bonchev–Trinajstić information content (AvgIpc) is 2.97. The first-order valence-corrected chi connectivity index (χ1v) is 10.4. The molecule has 7 heteroatoms. The topological polar surface area (TPSA) is 81.1 Å². The first kappa shape index (κ1) is 21.4. The van der Waals surface area contributed by atoms with E-state index in [0.29, 0.717) is 20.5 Å². The number of aryl methyl sites for hydroxylation is 1. The van der Waals surface area contributed by atoms with E-state index in [1.807, 2.05) is 39.0 Å². The number of carbonyl (C=O) groups excluding carboxylic acids is 2. The van der Waals surface area contributed by atoms with E-state index in [1.54, 1.807) is 36.5 Å². The molecule has 0 aliphatic heterocycles. The highest BCUT2D eigenvalue weighted by atomic mass is 32.1. The van der Waals surface area contributed by atoms with Crippen LogP contribution in [0.25, 0.3) is 12.2 Å². The van der Waals surface area contributed by atoms with Gasteiger partial charge in [0.2, 0.25) is 5.91 Å². The van der Waals surface area contributed by atoms with Crippen LogP contribution in [0, 0.1) is 6.92 Å². The van der Waals surface area contributed by atoms with E-state index in [-0.39, 0.29) is 29.8 Å². The van der Waals surface area contributed by atoms with Gasteiger partial charge >= 0.3 is 0 Å². The maximum absolute atomic E-state index is 13.0. The molecular formula is C23H23N3O3S. The molecule has 0 radical (unpaired) electrons. The number of aromatic nitrogens is 2. The van der Waals surface area contributed by atoms with Gasteiger partial charge in [0.05, 0.1) is 10.2 Å². The minimum Gasteiger partial charge on any atom is -0.352 e. The highest BCUT2D eigenvalue weighted by Gasteiger charge is 2.13. The fraction of sp³-hybridized carbons (Fsp3) is 0.217. The van der Waals surface area contributed by atoms with E-state index in [1.165, 1.54) is 22.0 Å². The summed E-state index contributed by atoms with van der Waals surface area (Å²) in [5, 5.41) is 2.78. The summed E-state index contributed by atoms with van der Waals surface area (Å²) in [6.07, 6.45) is 4.73. The van der Waals surface area contributed by atoms with Crippen LogP contribution in [0.2, 0.25) is 0 Å². The van der Waals surface area contributed by atoms with E-state index in [9.17, 15) is 14.4 Å². The highest BCUT2D eigenvalue weighted by molar-refractivity contribution is 7.07. The highest BCUT2D eigenvalue weighted by Crippen LogP contribution is 2.08. The number of hydrogen-bond donors (Lipinski definition) is 1. The van der Waals surface area contributed by atoms with E-state index < -0.39 is 0 Å². The summed E-state index contributed by atoms with van der Waals surface area (Å²) in [5.41, 5.74) is 1.72. The van der Waals surface area contributed by atoms with Gasteiger partial charge in [-0.3, -0.25) is 23.9 Å². The number of ketones is 1. The summed E-state index contributed by atoms with van der Waals surface area (Å²) >= 11 is 1.17. The first-order valence-electron chi connectivity index (χ1n) is 9.58. The quantitative estimate of drug-likeness (QED) is 0.614. The fourth-order valence-electron chi connectivity index (χ4n) is 2.94. The number of thiazole rings is 1. The molecule has 154 valence electrons. The summed E-state index contributed by atoms with van der Waals surface area (Å²) in [6, 6.07) is 12.6. The predicted octanol–water partition coefficient (Wildman–Crippen LogP) is 1.63. The number of hydrogen-bond acceptors (Lipinski definition) is 5. The van der Waals surface area contributed by atoms with Crippen molar-refractivity contribution < 1.29 is 9.59 Å². The van der Waals surface area contributed by atoms with Gasteiger partial charge in [-0.25, -0.2) is 0 Å². The summed E-state index contributed by atoms with van der Waals surface area (Å²) in [4.78, 5) is 42.4. The second-order valence-electron chi connectivity index (χ2n) is 7.14. The molecule has 3 rings (SSSR count). The van der Waals surface area contributed by atoms with Crippen LogP contribution in [0.5, 0.6) is 0 Å². The summed E-state index contributed by atoms with van der Waals surface area (Å²) in [7, 11) is 0. The van der Waals surface area contributed by atoms with Gasteiger partial charge in [0.25, 0.3) is 5.56 Å². The van der Waals surface area contributed by atoms with Crippen molar-refractivity contribution in [3.63, 3.8) is 0 Å². The summed E-state index contributed by atoms with van der Waals surface area (Å²) < 4.78 is 2.18. The van der Waals surface area contributed by atoms with E-state index in [0.717, 1.165) is 5.56 Å². The lowest BCUT2D eigenvalue weighted by Gasteiger charge is -2.08. The Bertz CT molecular complexity index is 1240. The van der Waals surface area contributed by atoms with Crippen molar-refractivity contribution in [3.8, 4) is 0 Å². The van der Waals surface area contributed by atoms with E-state index in [4.69, 9.17) is 0 Å². The zero-order valence-corrected chi connectivity index (χ0v) is 17.9. The monoisotopic (exact) mass is 421 g/mol. The molecule has 0 spiro atoms. The standard InChI is InChI=1S/C23H23N3O3S/c1-15(2)25-21(28)14-26-22(13-19(27)18-10-5-4-8-16(18)3)30-20(23(26)29)12-17-9-6-7-11-24-17/h4-13,15H,14H2,1-3H3,(H,25,28)/b20-12?,22-13-. The molecule has 0 saturated heterocycles. The Labute approximate surface area is 178 Å². The number of benzene rings is 1. The van der Waals surface area contributed by atoms with Crippen molar-refractivity contribution in [2.24, 2.45) is 0 Å². The minimum absolute atomic E-state index is 0.0487. The molecule has 0 aliphatic rings. The van der Waals surface area contributed by atoms with Crippen molar-refractivity contribution in [2.45, 2.75) is 33.4 Å². The maximum atomic E-state index is 13.0. The smallest absolute Gasteiger partial charge is 0.269 e. The lowest BCUT2D eigenvalue weighted by molar-refractivity contribution is -0.122. The van der Waals surface area contributed by atoms with Gasteiger partial charge in [0, 0.05) is 23.9 Å². The van der Waals surface area contributed by atoms with Gasteiger partial charge in [-0.05, 0) is 44.5 Å². The van der Waals surface area contributed by atoms with Gasteiger partial charge in [-0.2, -0.15) is 0 Å². The lowest BCUT2D eigenvalue weighted by Crippen LogP contribution is -2.40. The van der Waals surface area contributed by atoms with Crippen LogP contribution >= 0.6 is 11.3 Å². The molecule has 0 fully saturated rings. The van der Waals surface area contributed by atoms with Crippen molar-refractivity contribution in [2.75, 3.05) is 0 Å². The van der Waals surface area contributed by atoms with Crippen LogP contribution in [0.1, 0.15) is 35.5 Å². The number of amides is 1. The molecule has 0 saturated carbocycles. The number of nitrogens with zero attached hydrogens (tertiary/aromatic N) is 2. The number of Topliss-reactive ketones (excluding diaryl/α,β-unsaturated/α-hetero) is 1. The average molecular weight is 422 g/mol. The molecule has 1 amide bonds. The first-order chi connectivity index (χ1) is 14.3. The number of rotatable bonds is 6. The molecule has 0 aliphatic carbocycles. The van der Waals surface area contributed by atoms with Crippen molar-refractivity contribution in [1.29, 1.82) is 0 Å². The molecule has 0 unspecified atom stereocenters. The summed E-state index contributed by atoms with van der Waals surface area (Å²) in [6.45, 7) is 5.40. The molecule has 0 bridgehead atoms. The van der Waals surface area contributed by atoms with Crippen LogP contribution in [0.4, 0.5) is 0 Å². The minimum atomic E-state index is -0.326. The van der Waals surface area contributed by atoms with Crippen LogP contribution in [0.3, 0.4) is 0 Å². The van der Waals surface area contributed by atoms with Crippen molar-refractivity contribution in [3.05, 3.63) is 85.0 Å². The predicted molar refractivity (Wildman–Crippen MR) is 119 cm³/mol. The van der Waals surface area contributed by atoms with Gasteiger partial charge in [0.15, 0.2) is 5.78 Å². The molecule has 2 aromatic heterocycles. The van der Waals surface area contributed by atoms with Gasteiger partial charge in [0.1, 0.15) is 11.2 Å². The van der Waals surface area contributed by atoms with E-state index >= 15 is 0 Å².